The Balaban J connectivity index is 1.70. The first-order valence-electron chi connectivity index (χ1n) is 13.7. The van der Waals surface area contributed by atoms with Gasteiger partial charge in [-0.2, -0.15) is 0 Å². The van der Waals surface area contributed by atoms with Crippen LogP contribution in [-0.2, 0) is 14.4 Å². The summed E-state index contributed by atoms with van der Waals surface area (Å²) in [7, 11) is 0. The molecule has 0 aromatic heterocycles. The summed E-state index contributed by atoms with van der Waals surface area (Å²) >= 11 is 0. The largest absolute Gasteiger partial charge is 0.369 e. The monoisotopic (exact) mass is 516 g/mol. The number of carbonyl (C=O) groups is 3. The minimum Gasteiger partial charge on any atom is -0.369 e. The molecule has 2 aliphatic rings. The molecule has 3 atom stereocenters. The zero-order valence-electron chi connectivity index (χ0n) is 22.5. The molecule has 3 N–H and O–H groups in total. The molecule has 1 aliphatic carbocycles. The average Bonchev–Trinajstić information content (AvgIpc) is 3.74. The van der Waals surface area contributed by atoms with E-state index in [0.717, 1.165) is 23.5 Å². The highest BCUT2D eigenvalue weighted by Crippen LogP contribution is 2.39. The van der Waals surface area contributed by atoms with Gasteiger partial charge in [-0.05, 0) is 55.4 Å². The molecule has 202 valence electrons. The summed E-state index contributed by atoms with van der Waals surface area (Å²) < 4.78 is 0. The molecule has 38 heavy (non-hydrogen) atoms. The van der Waals surface area contributed by atoms with Crippen LogP contribution >= 0.6 is 0 Å². The zero-order chi connectivity index (χ0) is 27.2. The highest BCUT2D eigenvalue weighted by atomic mass is 16.2. The zero-order valence-corrected chi connectivity index (χ0v) is 22.5. The van der Waals surface area contributed by atoms with Gasteiger partial charge in [-0.1, -0.05) is 63.1 Å². The standard InChI is InChI=1S/C31H40N4O3/c1-4-10-24(29(32)36)25(19-21(2)3)30(37)33-26-20-35(23-11-6-5-7-12-23)28-14-9-8-13-27(28)34(31(26)38)18-17-22-15-16-22/h4-9,11-14,21-22,24-26H,1,10,15-20H2,2-3H3,(H2,32,36)(H,33,37). The highest BCUT2D eigenvalue weighted by molar-refractivity contribution is 6.04. The van der Waals surface area contributed by atoms with Crippen molar-refractivity contribution >= 4 is 34.8 Å². The summed E-state index contributed by atoms with van der Waals surface area (Å²) in [6, 6.07) is 17.0. The predicted molar refractivity (Wildman–Crippen MR) is 152 cm³/mol. The van der Waals surface area contributed by atoms with Crippen molar-refractivity contribution in [3.63, 3.8) is 0 Å². The van der Waals surface area contributed by atoms with E-state index < -0.39 is 23.8 Å². The second-order valence-electron chi connectivity index (χ2n) is 11.0. The first-order valence-corrected chi connectivity index (χ1v) is 13.7. The van der Waals surface area contributed by atoms with Crippen LogP contribution in [0.25, 0.3) is 0 Å². The van der Waals surface area contributed by atoms with Crippen LogP contribution in [0.2, 0.25) is 0 Å². The molecule has 3 amide bonds. The second kappa shape index (κ2) is 12.3. The Labute approximate surface area is 226 Å². The van der Waals surface area contributed by atoms with Gasteiger partial charge in [-0.25, -0.2) is 0 Å². The third kappa shape index (κ3) is 6.44. The number of rotatable bonds is 12. The fourth-order valence-corrected chi connectivity index (χ4v) is 5.39. The number of nitrogens with two attached hydrogens (primary N) is 1. The Bertz CT molecular complexity index is 1140. The normalized spacial score (nSPS) is 18.9. The van der Waals surface area contributed by atoms with Crippen molar-refractivity contribution < 1.29 is 14.4 Å². The van der Waals surface area contributed by atoms with E-state index in [4.69, 9.17) is 5.73 Å². The van der Waals surface area contributed by atoms with E-state index in [2.05, 4.69) is 16.8 Å². The smallest absolute Gasteiger partial charge is 0.251 e. The lowest BCUT2D eigenvalue weighted by Gasteiger charge is -2.30. The number of nitrogens with zero attached hydrogens (tertiary/aromatic N) is 2. The molecule has 0 spiro atoms. The van der Waals surface area contributed by atoms with Gasteiger partial charge in [0.05, 0.1) is 29.8 Å². The SMILES string of the molecule is C=CCC(C(N)=O)C(CC(C)C)C(=O)NC1CN(c2ccccc2)c2ccccc2N(CCC2CC2)C1=O. The Morgan fingerprint density at radius 2 is 1.71 bits per heavy atom. The minimum absolute atomic E-state index is 0.132. The fourth-order valence-electron chi connectivity index (χ4n) is 5.39. The van der Waals surface area contributed by atoms with E-state index in [9.17, 15) is 14.4 Å². The maximum atomic E-state index is 14.1. The first kappa shape index (κ1) is 27.4. The molecule has 7 nitrogen and oxygen atoms in total. The molecule has 1 saturated carbocycles. The average molecular weight is 517 g/mol. The number of nitrogens with one attached hydrogen (secondary N) is 1. The molecule has 2 aromatic rings. The maximum absolute atomic E-state index is 14.1. The summed E-state index contributed by atoms with van der Waals surface area (Å²) in [5, 5.41) is 3.06. The van der Waals surface area contributed by atoms with E-state index in [1.54, 1.807) is 6.08 Å². The second-order valence-corrected chi connectivity index (χ2v) is 11.0. The Morgan fingerprint density at radius 3 is 2.32 bits per heavy atom. The van der Waals surface area contributed by atoms with E-state index >= 15 is 0 Å². The number of primary amides is 1. The van der Waals surface area contributed by atoms with Gasteiger partial charge in [0.1, 0.15) is 6.04 Å². The van der Waals surface area contributed by atoms with Gasteiger partial charge in [-0.3, -0.25) is 14.4 Å². The number of allylic oxidation sites excluding steroid dienone is 1. The van der Waals surface area contributed by atoms with Gasteiger partial charge in [0, 0.05) is 12.2 Å². The molecule has 7 heteroatoms. The van der Waals surface area contributed by atoms with Crippen molar-refractivity contribution in [3.8, 4) is 0 Å². The highest BCUT2D eigenvalue weighted by Gasteiger charge is 2.39. The summed E-state index contributed by atoms with van der Waals surface area (Å²) in [5.74, 6) is -1.47. The van der Waals surface area contributed by atoms with Gasteiger partial charge < -0.3 is 20.9 Å². The third-order valence-electron chi connectivity index (χ3n) is 7.57. The van der Waals surface area contributed by atoms with E-state index in [1.807, 2.05) is 73.3 Å². The molecule has 1 aliphatic heterocycles. The minimum atomic E-state index is -0.791. The van der Waals surface area contributed by atoms with Crippen LogP contribution in [0, 0.1) is 23.7 Å². The van der Waals surface area contributed by atoms with Gasteiger partial charge in [0.2, 0.25) is 11.8 Å². The molecule has 0 bridgehead atoms. The molecule has 4 rings (SSSR count). The van der Waals surface area contributed by atoms with E-state index in [1.165, 1.54) is 12.8 Å². The van der Waals surface area contributed by atoms with Crippen molar-refractivity contribution in [1.82, 2.24) is 5.32 Å². The number of para-hydroxylation sites is 3. The molecular weight excluding hydrogens is 476 g/mol. The summed E-state index contributed by atoms with van der Waals surface area (Å²) in [6.45, 7) is 8.66. The van der Waals surface area contributed by atoms with Gasteiger partial charge in [-0.15, -0.1) is 6.58 Å². The summed E-state index contributed by atoms with van der Waals surface area (Å²) in [4.78, 5) is 44.2. The number of carbonyl (C=O) groups excluding carboxylic acids is 3. The van der Waals surface area contributed by atoms with Crippen LogP contribution in [0.3, 0.4) is 0 Å². The van der Waals surface area contributed by atoms with Crippen molar-refractivity contribution in [2.45, 2.75) is 52.0 Å². The lowest BCUT2D eigenvalue weighted by molar-refractivity contribution is -0.135. The van der Waals surface area contributed by atoms with Gasteiger partial charge in [0.25, 0.3) is 5.91 Å². The van der Waals surface area contributed by atoms with Gasteiger partial charge in [0.15, 0.2) is 0 Å². The molecule has 1 heterocycles. The number of fused-ring (bicyclic) bond motifs is 1. The predicted octanol–water partition coefficient (Wildman–Crippen LogP) is 4.80. The van der Waals surface area contributed by atoms with Crippen LogP contribution in [0.4, 0.5) is 17.1 Å². The van der Waals surface area contributed by atoms with Crippen LogP contribution in [0.5, 0.6) is 0 Å². The van der Waals surface area contributed by atoms with Gasteiger partial charge >= 0.3 is 0 Å². The maximum Gasteiger partial charge on any atom is 0.251 e. The van der Waals surface area contributed by atoms with Crippen LogP contribution < -0.4 is 20.9 Å². The fraction of sp³-hybridized carbons (Fsp3) is 0.452. The van der Waals surface area contributed by atoms with Crippen LogP contribution in [-0.4, -0.2) is 36.9 Å². The third-order valence-corrected chi connectivity index (χ3v) is 7.57. The van der Waals surface area contributed by atoms with Crippen molar-refractivity contribution in [1.29, 1.82) is 0 Å². The topological polar surface area (TPSA) is 95.7 Å². The molecule has 0 saturated heterocycles. The molecule has 1 fully saturated rings. The Hall–Kier alpha value is -3.61. The first-order chi connectivity index (χ1) is 18.3. The number of hydrogen-bond donors (Lipinski definition) is 2. The van der Waals surface area contributed by atoms with E-state index in [0.29, 0.717) is 25.3 Å². The number of hydrogen-bond acceptors (Lipinski definition) is 4. The van der Waals surface area contributed by atoms with Crippen molar-refractivity contribution in [3.05, 3.63) is 67.3 Å². The summed E-state index contributed by atoms with van der Waals surface area (Å²) in [6.07, 6.45) is 5.77. The number of amides is 3. The molecule has 3 unspecified atom stereocenters. The van der Waals surface area contributed by atoms with Crippen LogP contribution in [0.1, 0.15) is 46.0 Å². The number of benzene rings is 2. The lowest BCUT2D eigenvalue weighted by Crippen LogP contribution is -2.54. The van der Waals surface area contributed by atoms with Crippen LogP contribution in [0.15, 0.2) is 67.3 Å². The molecule has 2 aromatic carbocycles. The Morgan fingerprint density at radius 1 is 1.05 bits per heavy atom. The van der Waals surface area contributed by atoms with E-state index in [-0.39, 0.29) is 24.3 Å². The summed E-state index contributed by atoms with van der Waals surface area (Å²) in [5.41, 5.74) is 8.44. The van der Waals surface area contributed by atoms with Crippen molar-refractivity contribution in [2.24, 2.45) is 29.4 Å². The molecule has 0 radical (unpaired) electrons. The lowest BCUT2D eigenvalue weighted by atomic mass is 9.82. The Kier molecular flexibility index (Phi) is 8.87. The quantitative estimate of drug-likeness (QED) is 0.396. The molecular formula is C31H40N4O3. The van der Waals surface area contributed by atoms with Crippen molar-refractivity contribution in [2.75, 3.05) is 22.9 Å². The number of anilines is 3.